The maximum Gasteiger partial charge on any atom is 0.194 e. The normalized spacial score (nSPS) is 17.3. The number of nitrogens with zero attached hydrogens (tertiary/aromatic N) is 5. The van der Waals surface area contributed by atoms with Gasteiger partial charge >= 0.3 is 0 Å². The molecule has 150 valence electrons. The molecular weight excluding hydrogens is 443 g/mol. The molecule has 1 aromatic rings. The Morgan fingerprint density at radius 2 is 1.96 bits per heavy atom. The van der Waals surface area contributed by atoms with Crippen LogP contribution in [-0.2, 0) is 6.54 Å². The minimum Gasteiger partial charge on any atom is -0.364 e. The van der Waals surface area contributed by atoms with Crippen LogP contribution in [0, 0.1) is 0 Å². The van der Waals surface area contributed by atoms with Crippen molar-refractivity contribution in [2.75, 3.05) is 52.4 Å². The molecule has 0 aliphatic carbocycles. The number of likely N-dealkylation sites (N-methyl/N-ethyl adjacent to an activating group) is 1. The Morgan fingerprint density at radius 3 is 2.50 bits per heavy atom. The Balaban J connectivity index is 0.00000338. The third-order valence-electron chi connectivity index (χ3n) is 4.82. The van der Waals surface area contributed by atoms with Crippen LogP contribution in [0.25, 0.3) is 0 Å². The van der Waals surface area contributed by atoms with E-state index in [0.717, 1.165) is 70.6 Å². The molecule has 1 N–H and O–H groups in total. The lowest BCUT2D eigenvalue weighted by molar-refractivity contribution is 0.168. The van der Waals surface area contributed by atoms with Crippen molar-refractivity contribution >= 4 is 29.9 Å². The van der Waals surface area contributed by atoms with E-state index in [1.54, 1.807) is 6.26 Å². The lowest BCUT2D eigenvalue weighted by Gasteiger charge is -2.36. The second-order valence-corrected chi connectivity index (χ2v) is 6.52. The lowest BCUT2D eigenvalue weighted by atomic mass is 10.3. The zero-order valence-electron chi connectivity index (χ0n) is 16.6. The molecule has 0 amide bonds. The van der Waals surface area contributed by atoms with Crippen molar-refractivity contribution in [1.82, 2.24) is 25.2 Å². The predicted molar refractivity (Wildman–Crippen MR) is 117 cm³/mol. The molecule has 1 aromatic heterocycles. The molecule has 1 saturated heterocycles. The molecular formula is C18H35IN6O. The molecule has 0 saturated carbocycles. The van der Waals surface area contributed by atoms with Gasteiger partial charge in [-0.3, -0.25) is 14.8 Å². The Hall–Kier alpha value is -0.870. The summed E-state index contributed by atoms with van der Waals surface area (Å²) in [7, 11) is 0. The van der Waals surface area contributed by atoms with E-state index in [9.17, 15) is 0 Å². The van der Waals surface area contributed by atoms with Gasteiger partial charge in [-0.1, -0.05) is 19.0 Å². The summed E-state index contributed by atoms with van der Waals surface area (Å²) in [6, 6.07) is 2.41. The van der Waals surface area contributed by atoms with Gasteiger partial charge in [0.15, 0.2) is 5.96 Å². The molecule has 1 aliphatic heterocycles. The molecule has 0 spiro atoms. The molecule has 0 bridgehead atoms. The van der Waals surface area contributed by atoms with Gasteiger partial charge in [0.25, 0.3) is 0 Å². The van der Waals surface area contributed by atoms with Crippen LogP contribution < -0.4 is 5.32 Å². The number of aliphatic imine (C=N–C) groups is 1. The number of piperazine rings is 1. The third kappa shape index (κ3) is 7.03. The van der Waals surface area contributed by atoms with Crippen molar-refractivity contribution in [3.05, 3.63) is 18.0 Å². The van der Waals surface area contributed by atoms with Crippen LogP contribution in [0.5, 0.6) is 0 Å². The highest BCUT2D eigenvalue weighted by molar-refractivity contribution is 14.0. The first-order valence-electron chi connectivity index (χ1n) is 9.56. The number of rotatable bonds is 8. The standard InChI is InChI=1S/C18H34N6O.HI/c1-5-19-18(20-14-16(4)23(6-2)7-3)24-11-9-22(10-12-24)15-17-8-13-25-21-17;/h8,13,16H,5-7,9-12,14-15H2,1-4H3,(H,19,20);1H. The molecule has 1 fully saturated rings. The number of hydrogen-bond acceptors (Lipinski definition) is 5. The van der Waals surface area contributed by atoms with E-state index in [2.05, 4.69) is 52.9 Å². The maximum absolute atomic E-state index is 4.92. The number of halogens is 1. The van der Waals surface area contributed by atoms with E-state index in [4.69, 9.17) is 9.52 Å². The van der Waals surface area contributed by atoms with Gasteiger partial charge < -0.3 is 14.7 Å². The third-order valence-corrected chi connectivity index (χ3v) is 4.82. The lowest BCUT2D eigenvalue weighted by Crippen LogP contribution is -2.52. The van der Waals surface area contributed by atoms with Crippen molar-refractivity contribution in [1.29, 1.82) is 0 Å². The highest BCUT2D eigenvalue weighted by Gasteiger charge is 2.20. The minimum atomic E-state index is 0. The molecule has 7 nitrogen and oxygen atoms in total. The second-order valence-electron chi connectivity index (χ2n) is 6.52. The monoisotopic (exact) mass is 478 g/mol. The summed E-state index contributed by atoms with van der Waals surface area (Å²) >= 11 is 0. The number of guanidine groups is 1. The Morgan fingerprint density at radius 1 is 1.27 bits per heavy atom. The van der Waals surface area contributed by atoms with Gasteiger partial charge in [0, 0.05) is 51.4 Å². The van der Waals surface area contributed by atoms with Gasteiger partial charge in [-0.2, -0.15) is 0 Å². The second kappa shape index (κ2) is 12.5. The van der Waals surface area contributed by atoms with Gasteiger partial charge in [-0.05, 0) is 26.9 Å². The largest absolute Gasteiger partial charge is 0.364 e. The molecule has 26 heavy (non-hydrogen) atoms. The van der Waals surface area contributed by atoms with E-state index in [-0.39, 0.29) is 24.0 Å². The number of nitrogens with one attached hydrogen (secondary N) is 1. The van der Waals surface area contributed by atoms with Crippen LogP contribution in [0.2, 0.25) is 0 Å². The number of hydrogen-bond donors (Lipinski definition) is 1. The van der Waals surface area contributed by atoms with Crippen LogP contribution in [0.3, 0.4) is 0 Å². The summed E-state index contributed by atoms with van der Waals surface area (Å²) in [6.07, 6.45) is 1.64. The van der Waals surface area contributed by atoms with Gasteiger partial charge in [-0.25, -0.2) is 0 Å². The van der Waals surface area contributed by atoms with Gasteiger partial charge in [0.05, 0.1) is 12.2 Å². The first kappa shape index (κ1) is 23.2. The summed E-state index contributed by atoms with van der Waals surface area (Å²) in [5.74, 6) is 1.04. The van der Waals surface area contributed by atoms with Gasteiger partial charge in [0.1, 0.15) is 6.26 Å². The van der Waals surface area contributed by atoms with Gasteiger partial charge in [-0.15, -0.1) is 24.0 Å². The summed E-state index contributed by atoms with van der Waals surface area (Å²) in [6.45, 7) is 17.6. The van der Waals surface area contributed by atoms with Crippen molar-refractivity contribution in [3.63, 3.8) is 0 Å². The maximum atomic E-state index is 4.92. The fourth-order valence-electron chi connectivity index (χ4n) is 3.27. The van der Waals surface area contributed by atoms with Crippen molar-refractivity contribution in [3.8, 4) is 0 Å². The van der Waals surface area contributed by atoms with E-state index in [1.807, 2.05) is 6.07 Å². The molecule has 0 radical (unpaired) electrons. The quantitative estimate of drug-likeness (QED) is 0.351. The highest BCUT2D eigenvalue weighted by Crippen LogP contribution is 2.08. The highest BCUT2D eigenvalue weighted by atomic mass is 127. The predicted octanol–water partition coefficient (Wildman–Crippen LogP) is 2.11. The summed E-state index contributed by atoms with van der Waals surface area (Å²) < 4.78 is 4.92. The minimum absolute atomic E-state index is 0. The molecule has 1 aliphatic rings. The van der Waals surface area contributed by atoms with Crippen molar-refractivity contribution in [2.45, 2.75) is 40.3 Å². The van der Waals surface area contributed by atoms with Crippen molar-refractivity contribution < 1.29 is 4.52 Å². The summed E-state index contributed by atoms with van der Waals surface area (Å²) in [4.78, 5) is 12.1. The summed E-state index contributed by atoms with van der Waals surface area (Å²) in [5, 5.41) is 7.46. The summed E-state index contributed by atoms with van der Waals surface area (Å²) in [5.41, 5.74) is 1.00. The fraction of sp³-hybridized carbons (Fsp3) is 0.778. The zero-order valence-corrected chi connectivity index (χ0v) is 19.0. The van der Waals surface area contributed by atoms with Gasteiger partial charge in [0.2, 0.25) is 0 Å². The molecule has 8 heteroatoms. The smallest absolute Gasteiger partial charge is 0.194 e. The fourth-order valence-corrected chi connectivity index (χ4v) is 3.27. The number of aromatic nitrogens is 1. The Kier molecular flexibility index (Phi) is 11.1. The first-order chi connectivity index (χ1) is 12.2. The SMILES string of the molecule is CCNC(=NCC(C)N(CC)CC)N1CCN(Cc2ccon2)CC1.I. The molecule has 2 rings (SSSR count). The van der Waals surface area contributed by atoms with E-state index in [1.165, 1.54) is 0 Å². The van der Waals surface area contributed by atoms with Crippen LogP contribution in [0.4, 0.5) is 0 Å². The van der Waals surface area contributed by atoms with Crippen LogP contribution in [0.1, 0.15) is 33.4 Å². The Labute approximate surface area is 175 Å². The topological polar surface area (TPSA) is 60.1 Å². The Bertz CT molecular complexity index is 498. The molecule has 1 atom stereocenters. The zero-order chi connectivity index (χ0) is 18.1. The van der Waals surface area contributed by atoms with Crippen LogP contribution >= 0.6 is 24.0 Å². The molecule has 0 aromatic carbocycles. The molecule has 2 heterocycles. The van der Waals surface area contributed by atoms with E-state index in [0.29, 0.717) is 6.04 Å². The average molecular weight is 478 g/mol. The molecule has 1 unspecified atom stereocenters. The van der Waals surface area contributed by atoms with E-state index >= 15 is 0 Å². The first-order valence-corrected chi connectivity index (χ1v) is 9.56. The van der Waals surface area contributed by atoms with Crippen LogP contribution in [0.15, 0.2) is 21.8 Å². The van der Waals surface area contributed by atoms with E-state index < -0.39 is 0 Å². The van der Waals surface area contributed by atoms with Crippen LogP contribution in [-0.4, -0.2) is 84.2 Å². The average Bonchev–Trinajstić information content (AvgIpc) is 3.13. The van der Waals surface area contributed by atoms with Crippen molar-refractivity contribution in [2.24, 2.45) is 4.99 Å².